The summed E-state index contributed by atoms with van der Waals surface area (Å²) < 4.78 is 28.0. The van der Waals surface area contributed by atoms with E-state index in [4.69, 9.17) is 9.32 Å². The summed E-state index contributed by atoms with van der Waals surface area (Å²) in [6, 6.07) is 8.50. The molecule has 0 spiro atoms. The van der Waals surface area contributed by atoms with Crippen LogP contribution in [0.25, 0.3) is 0 Å². The zero-order valence-corrected chi connectivity index (χ0v) is 18.4. The molecule has 2 N–H and O–H groups in total. The van der Waals surface area contributed by atoms with Gasteiger partial charge in [-0.25, -0.2) is 0 Å². The Hall–Kier alpha value is -2.09. The van der Waals surface area contributed by atoms with Crippen molar-refractivity contribution in [2.45, 2.75) is 64.7 Å². The Labute approximate surface area is 179 Å². The number of hydrogen-bond donors (Lipinski definition) is 1. The maximum absolute atomic E-state index is 11.5. The number of hydrogen-bond acceptors (Lipinski definition) is 5. The highest BCUT2D eigenvalue weighted by atomic mass is 32.2. The molecule has 2 saturated carbocycles. The molecule has 0 radical (unpaired) electrons. The van der Waals surface area contributed by atoms with E-state index < -0.39 is 16.2 Å². The fourth-order valence-corrected chi connectivity index (χ4v) is 7.33. The lowest BCUT2D eigenvalue weighted by Gasteiger charge is -2.51. The van der Waals surface area contributed by atoms with E-state index in [1.165, 1.54) is 5.56 Å². The van der Waals surface area contributed by atoms with Gasteiger partial charge in [-0.2, -0.15) is 24.1 Å². The summed E-state index contributed by atoms with van der Waals surface area (Å²) in [4.78, 5) is 0. The Kier molecular flexibility index (Phi) is 5.33. The van der Waals surface area contributed by atoms with Gasteiger partial charge in [-0.15, -0.1) is 0 Å². The number of benzene rings is 1. The normalized spacial score (nSPS) is 32.5. The van der Waals surface area contributed by atoms with E-state index in [1.807, 2.05) is 13.0 Å². The van der Waals surface area contributed by atoms with Crippen LogP contribution in [0, 0.1) is 51.7 Å². The van der Waals surface area contributed by atoms with E-state index in [1.54, 1.807) is 0 Å². The number of nitriles is 2. The van der Waals surface area contributed by atoms with E-state index in [9.17, 15) is 18.9 Å². The van der Waals surface area contributed by atoms with E-state index in [-0.39, 0.29) is 11.3 Å². The van der Waals surface area contributed by atoms with E-state index in [2.05, 4.69) is 25.1 Å². The molecule has 7 heteroatoms. The lowest BCUT2D eigenvalue weighted by molar-refractivity contribution is 0.0225. The van der Waals surface area contributed by atoms with Gasteiger partial charge in [-0.3, -0.25) is 0 Å². The van der Waals surface area contributed by atoms with E-state index in [0.29, 0.717) is 29.9 Å². The van der Waals surface area contributed by atoms with E-state index in [0.717, 1.165) is 49.7 Å². The van der Waals surface area contributed by atoms with Gasteiger partial charge in [0.05, 0.1) is 12.1 Å². The van der Waals surface area contributed by atoms with Crippen LogP contribution >= 0.6 is 0 Å². The maximum atomic E-state index is 11.5. The van der Waals surface area contributed by atoms with Crippen LogP contribution < -0.4 is 9.32 Å². The molecule has 0 amide bonds. The van der Waals surface area contributed by atoms with Crippen molar-refractivity contribution in [1.82, 2.24) is 0 Å². The maximum Gasteiger partial charge on any atom is 0.380 e. The third kappa shape index (κ3) is 3.39. The molecule has 4 rings (SSSR count). The first-order chi connectivity index (χ1) is 14.2. The van der Waals surface area contributed by atoms with Crippen molar-refractivity contribution in [3.63, 3.8) is 0 Å². The number of fused-ring (bicyclic) bond motifs is 5. The molecule has 1 aromatic rings. The highest BCUT2D eigenvalue weighted by molar-refractivity contribution is 7.84. The minimum atomic E-state index is -4.05. The summed E-state index contributed by atoms with van der Waals surface area (Å²) in [6.45, 7) is 4.30. The highest BCUT2D eigenvalue weighted by Gasteiger charge is 2.56. The first-order valence-corrected chi connectivity index (χ1v) is 12.4. The quantitative estimate of drug-likeness (QED) is 0.780. The number of nitrogens with two attached hydrogens (primary N) is 1. The molecular formula is C23H29N3O3S. The smallest absolute Gasteiger partial charge is 0.371 e. The van der Waals surface area contributed by atoms with Crippen LogP contribution in [-0.2, 0) is 23.1 Å². The molecule has 1 aromatic carbocycles. The molecule has 5 atom stereocenters. The van der Waals surface area contributed by atoms with Gasteiger partial charge in [-0.1, -0.05) is 19.9 Å². The third-order valence-corrected chi connectivity index (χ3v) is 8.66. The Morgan fingerprint density at radius 2 is 1.97 bits per heavy atom. The first-order valence-electron chi connectivity index (χ1n) is 10.9. The second kappa shape index (κ2) is 7.55. The fourth-order valence-electron chi connectivity index (χ4n) is 6.92. The lowest BCUT2D eigenvalue weighted by Crippen LogP contribution is -2.43. The van der Waals surface area contributed by atoms with Crippen LogP contribution in [-0.4, -0.2) is 8.42 Å². The standard InChI is InChI=1S/C23H29N3O3S/c1-3-14-10-19-15(11-22(14)29-30(26,27)28)4-5-18-17(19)8-9-23(2)20(6-7-21(18)23)16(12-24)13-25/h10-11,16-18,20-21H,3-9H2,1-2H3,(H2,26,27,28)/t17?,18?,20-,21?,23-/m1/s1. The summed E-state index contributed by atoms with van der Waals surface area (Å²) >= 11 is 0. The Morgan fingerprint density at radius 1 is 1.23 bits per heavy atom. The fraction of sp³-hybridized carbons (Fsp3) is 0.652. The predicted molar refractivity (Wildman–Crippen MR) is 112 cm³/mol. The molecule has 2 fully saturated rings. The van der Waals surface area contributed by atoms with Crippen LogP contribution in [0.5, 0.6) is 5.75 Å². The molecule has 0 bridgehead atoms. The summed E-state index contributed by atoms with van der Waals surface area (Å²) in [5.41, 5.74) is 3.42. The Bertz CT molecular complexity index is 1020. The molecule has 0 heterocycles. The van der Waals surface area contributed by atoms with E-state index >= 15 is 0 Å². The second-order valence-corrected chi connectivity index (χ2v) is 10.6. The van der Waals surface area contributed by atoms with Crippen molar-refractivity contribution in [3.8, 4) is 17.9 Å². The predicted octanol–water partition coefficient (Wildman–Crippen LogP) is 3.97. The van der Waals surface area contributed by atoms with Crippen molar-refractivity contribution in [1.29, 1.82) is 10.5 Å². The minimum absolute atomic E-state index is 0.0546. The van der Waals surface area contributed by atoms with Crippen molar-refractivity contribution >= 4 is 10.3 Å². The number of rotatable bonds is 4. The molecule has 3 aliphatic carbocycles. The van der Waals surface area contributed by atoms with Crippen molar-refractivity contribution in [2.24, 2.45) is 34.2 Å². The largest absolute Gasteiger partial charge is 0.380 e. The van der Waals surface area contributed by atoms with Gasteiger partial charge in [-0.05, 0) is 96.8 Å². The summed E-state index contributed by atoms with van der Waals surface area (Å²) in [5.74, 6) is 1.53. The zero-order valence-electron chi connectivity index (χ0n) is 17.6. The van der Waals surface area contributed by atoms with Gasteiger partial charge in [0.2, 0.25) is 0 Å². The van der Waals surface area contributed by atoms with Crippen LogP contribution in [0.15, 0.2) is 12.1 Å². The molecule has 30 heavy (non-hydrogen) atoms. The summed E-state index contributed by atoms with van der Waals surface area (Å²) in [5, 5.41) is 24.1. The van der Waals surface area contributed by atoms with Crippen molar-refractivity contribution in [3.05, 3.63) is 28.8 Å². The molecular weight excluding hydrogens is 398 g/mol. The topological polar surface area (TPSA) is 117 Å². The van der Waals surface area contributed by atoms with Gasteiger partial charge in [0.15, 0.2) is 0 Å². The highest BCUT2D eigenvalue weighted by Crippen LogP contribution is 2.64. The number of nitrogens with zero attached hydrogens (tertiary/aromatic N) is 2. The first kappa shape index (κ1) is 21.2. The molecule has 0 saturated heterocycles. The molecule has 0 aliphatic heterocycles. The van der Waals surface area contributed by atoms with Gasteiger partial charge in [0.25, 0.3) is 0 Å². The second-order valence-electron chi connectivity index (χ2n) is 9.47. The SMILES string of the molecule is CCc1cc2c(cc1OS(N)(=O)=O)CCC1C2CC[C@@]2(C)C1CC[C@@H]2C(C#N)C#N. The van der Waals surface area contributed by atoms with Crippen LogP contribution in [0.2, 0.25) is 0 Å². The van der Waals surface area contributed by atoms with Gasteiger partial charge < -0.3 is 4.18 Å². The Balaban J connectivity index is 1.67. The summed E-state index contributed by atoms with van der Waals surface area (Å²) in [6.07, 6.45) is 6.73. The van der Waals surface area contributed by atoms with Gasteiger partial charge >= 0.3 is 10.3 Å². The molecule has 6 nitrogen and oxygen atoms in total. The molecule has 160 valence electrons. The molecule has 3 unspecified atom stereocenters. The average molecular weight is 428 g/mol. The van der Waals surface area contributed by atoms with Crippen LogP contribution in [0.3, 0.4) is 0 Å². The van der Waals surface area contributed by atoms with Crippen molar-refractivity contribution < 1.29 is 12.6 Å². The zero-order chi connectivity index (χ0) is 21.7. The van der Waals surface area contributed by atoms with Crippen LogP contribution in [0.4, 0.5) is 0 Å². The lowest BCUT2D eigenvalue weighted by atomic mass is 9.53. The third-order valence-electron chi connectivity index (χ3n) is 8.25. The monoisotopic (exact) mass is 427 g/mol. The van der Waals surface area contributed by atoms with Gasteiger partial charge in [0.1, 0.15) is 11.7 Å². The summed E-state index contributed by atoms with van der Waals surface area (Å²) in [7, 11) is -4.05. The minimum Gasteiger partial charge on any atom is -0.371 e. The van der Waals surface area contributed by atoms with Crippen molar-refractivity contribution in [2.75, 3.05) is 0 Å². The van der Waals surface area contributed by atoms with Gasteiger partial charge in [0, 0.05) is 0 Å². The Morgan fingerprint density at radius 3 is 2.60 bits per heavy atom. The molecule has 0 aromatic heterocycles. The number of aryl methyl sites for hydroxylation is 2. The van der Waals surface area contributed by atoms with Crippen LogP contribution in [0.1, 0.15) is 68.6 Å². The molecule has 3 aliphatic rings. The average Bonchev–Trinajstić information content (AvgIpc) is 3.04.